The molecule has 0 saturated carbocycles. The first-order chi connectivity index (χ1) is 19.9. The van der Waals surface area contributed by atoms with E-state index in [-0.39, 0.29) is 6.04 Å². The maximum Gasteiger partial charge on any atom is 0.346 e. The van der Waals surface area contributed by atoms with E-state index in [0.717, 1.165) is 45.6 Å². The van der Waals surface area contributed by atoms with Crippen LogP contribution in [0.3, 0.4) is 0 Å². The maximum absolute atomic E-state index is 12.2. The van der Waals surface area contributed by atoms with E-state index in [1.54, 1.807) is 6.07 Å². The summed E-state index contributed by atoms with van der Waals surface area (Å²) in [5.41, 5.74) is 3.28. The van der Waals surface area contributed by atoms with Crippen LogP contribution in [0.25, 0.3) is 0 Å². The number of ether oxygens (including phenoxy) is 1. The summed E-state index contributed by atoms with van der Waals surface area (Å²) in [5.74, 6) is -0.0504. The summed E-state index contributed by atoms with van der Waals surface area (Å²) in [5, 5.41) is 17.4. The van der Waals surface area contributed by atoms with Crippen LogP contribution in [0.15, 0.2) is 77.3 Å². The van der Waals surface area contributed by atoms with Crippen LogP contribution in [0.5, 0.6) is 5.75 Å². The van der Waals surface area contributed by atoms with Crippen molar-refractivity contribution in [2.45, 2.75) is 31.0 Å². The van der Waals surface area contributed by atoms with Gasteiger partial charge in [0.25, 0.3) is 0 Å². The standard InChI is InChI=1S/C32H38BrClN4O3/c1-35-25-12-14-37(15-13-25)21-30(32(39)40)41-29-16-26(33)27(34)17-28(29)36-18-22-19-38(20-22)31(23-8-4-2-5-9-23)24-10-6-3-7-11-24/h2-11,16-17,22,25,30-31,35-36H,12-15,18-21H2,1H3,(H,39,40). The minimum Gasteiger partial charge on any atom is -0.478 e. The first-order valence-corrected chi connectivity index (χ1v) is 15.4. The Kier molecular flexibility index (Phi) is 10.2. The summed E-state index contributed by atoms with van der Waals surface area (Å²) in [6.45, 7) is 4.66. The zero-order valence-electron chi connectivity index (χ0n) is 23.3. The van der Waals surface area contributed by atoms with Crippen molar-refractivity contribution in [3.8, 4) is 5.75 Å². The van der Waals surface area contributed by atoms with Gasteiger partial charge in [-0.05, 0) is 72.2 Å². The number of carboxylic acid groups (broad SMARTS) is 1. The molecule has 7 nitrogen and oxygen atoms in total. The number of carbonyl (C=O) groups is 1. The molecule has 0 amide bonds. The van der Waals surface area contributed by atoms with Gasteiger partial charge in [-0.2, -0.15) is 0 Å². The number of benzene rings is 3. The van der Waals surface area contributed by atoms with Crippen LogP contribution >= 0.6 is 27.5 Å². The van der Waals surface area contributed by atoms with Crippen molar-refractivity contribution >= 4 is 39.2 Å². The molecule has 41 heavy (non-hydrogen) atoms. The molecule has 0 spiro atoms. The number of hydrogen-bond donors (Lipinski definition) is 3. The molecule has 2 fully saturated rings. The Bertz CT molecular complexity index is 1250. The molecule has 2 heterocycles. The third kappa shape index (κ3) is 7.62. The molecular weight excluding hydrogens is 604 g/mol. The largest absolute Gasteiger partial charge is 0.478 e. The van der Waals surface area contributed by atoms with Gasteiger partial charge in [0.2, 0.25) is 6.10 Å². The molecule has 5 rings (SSSR count). The predicted octanol–water partition coefficient (Wildman–Crippen LogP) is 5.75. The number of aliphatic carboxylic acids is 1. The van der Waals surface area contributed by atoms with Gasteiger partial charge in [-0.1, -0.05) is 72.3 Å². The Morgan fingerprint density at radius 1 is 1.05 bits per heavy atom. The lowest BCUT2D eigenvalue weighted by Crippen LogP contribution is -2.51. The first-order valence-electron chi connectivity index (χ1n) is 14.3. The van der Waals surface area contributed by atoms with Gasteiger partial charge in [0, 0.05) is 42.6 Å². The van der Waals surface area contributed by atoms with E-state index < -0.39 is 12.1 Å². The SMILES string of the molecule is CNC1CCN(CC(Oc2cc(Br)c(Cl)cc2NCC2CN(C(c3ccccc3)c3ccccc3)C2)C(=O)O)CC1. The molecule has 218 valence electrons. The van der Waals surface area contributed by atoms with E-state index in [1.165, 1.54) is 11.1 Å². The van der Waals surface area contributed by atoms with Crippen LogP contribution < -0.4 is 15.4 Å². The number of rotatable bonds is 12. The third-order valence-corrected chi connectivity index (χ3v) is 9.35. The maximum atomic E-state index is 12.2. The van der Waals surface area contributed by atoms with Gasteiger partial charge in [0.15, 0.2) is 0 Å². The quantitative estimate of drug-likeness (QED) is 0.233. The van der Waals surface area contributed by atoms with Gasteiger partial charge in [-0.3, -0.25) is 9.80 Å². The van der Waals surface area contributed by atoms with Gasteiger partial charge in [0.05, 0.1) is 16.8 Å². The molecule has 1 unspecified atom stereocenters. The van der Waals surface area contributed by atoms with E-state index >= 15 is 0 Å². The van der Waals surface area contributed by atoms with E-state index in [0.29, 0.717) is 39.4 Å². The fraction of sp³-hybridized carbons (Fsp3) is 0.406. The van der Waals surface area contributed by atoms with Gasteiger partial charge in [-0.15, -0.1) is 0 Å². The van der Waals surface area contributed by atoms with Crippen molar-refractivity contribution in [1.29, 1.82) is 0 Å². The Morgan fingerprint density at radius 3 is 2.22 bits per heavy atom. The molecule has 0 radical (unpaired) electrons. The third-order valence-electron chi connectivity index (χ3n) is 8.15. The number of carboxylic acids is 1. The fourth-order valence-corrected chi connectivity index (χ4v) is 6.30. The molecule has 1 atom stereocenters. The number of hydrogen-bond acceptors (Lipinski definition) is 6. The minimum atomic E-state index is -0.980. The number of anilines is 1. The highest BCUT2D eigenvalue weighted by atomic mass is 79.9. The van der Waals surface area contributed by atoms with E-state index in [2.05, 4.69) is 97.0 Å². The number of likely N-dealkylation sites (tertiary alicyclic amines) is 2. The van der Waals surface area contributed by atoms with E-state index in [9.17, 15) is 9.90 Å². The molecule has 2 saturated heterocycles. The van der Waals surface area contributed by atoms with Crippen LogP contribution in [-0.2, 0) is 4.79 Å². The fourth-order valence-electron chi connectivity index (χ4n) is 5.81. The molecule has 9 heteroatoms. The van der Waals surface area contributed by atoms with E-state index in [4.69, 9.17) is 16.3 Å². The second kappa shape index (κ2) is 14.0. The number of halogens is 2. The summed E-state index contributed by atoms with van der Waals surface area (Å²) >= 11 is 9.93. The Balaban J connectivity index is 1.22. The minimum absolute atomic E-state index is 0.212. The van der Waals surface area contributed by atoms with Crippen molar-refractivity contribution in [3.63, 3.8) is 0 Å². The molecular formula is C32H38BrClN4O3. The Morgan fingerprint density at radius 2 is 1.66 bits per heavy atom. The van der Waals surface area contributed by atoms with Crippen molar-refractivity contribution in [2.75, 3.05) is 51.6 Å². The first kappa shape index (κ1) is 29.9. The second-order valence-electron chi connectivity index (χ2n) is 11.0. The molecule has 2 aliphatic rings. The number of piperidine rings is 1. The highest BCUT2D eigenvalue weighted by Crippen LogP contribution is 2.37. The van der Waals surface area contributed by atoms with Gasteiger partial charge < -0.3 is 20.5 Å². The number of nitrogens with one attached hydrogen (secondary N) is 2. The van der Waals surface area contributed by atoms with Crippen LogP contribution in [-0.4, -0.2) is 79.3 Å². The van der Waals surface area contributed by atoms with Crippen LogP contribution in [0, 0.1) is 5.92 Å². The van der Waals surface area contributed by atoms with Gasteiger partial charge >= 0.3 is 5.97 Å². The van der Waals surface area contributed by atoms with Crippen LogP contribution in [0.2, 0.25) is 5.02 Å². The molecule has 2 aliphatic heterocycles. The molecule has 3 N–H and O–H groups in total. The lowest BCUT2D eigenvalue weighted by molar-refractivity contribution is -0.146. The zero-order valence-corrected chi connectivity index (χ0v) is 25.7. The predicted molar refractivity (Wildman–Crippen MR) is 168 cm³/mol. The Labute approximate surface area is 256 Å². The summed E-state index contributed by atoms with van der Waals surface area (Å²) in [7, 11) is 1.97. The van der Waals surface area contributed by atoms with Crippen molar-refractivity contribution < 1.29 is 14.6 Å². The van der Waals surface area contributed by atoms with Crippen molar-refractivity contribution in [3.05, 3.63) is 93.4 Å². The molecule has 0 aliphatic carbocycles. The Hall–Kier alpha value is -2.62. The average molecular weight is 642 g/mol. The average Bonchev–Trinajstić information content (AvgIpc) is 2.97. The lowest BCUT2D eigenvalue weighted by atomic mass is 9.90. The summed E-state index contributed by atoms with van der Waals surface area (Å²) < 4.78 is 6.81. The van der Waals surface area contributed by atoms with Crippen molar-refractivity contribution in [2.24, 2.45) is 5.92 Å². The highest BCUT2D eigenvalue weighted by Gasteiger charge is 2.34. The molecule has 3 aromatic rings. The van der Waals surface area contributed by atoms with Crippen LogP contribution in [0.1, 0.15) is 30.0 Å². The van der Waals surface area contributed by atoms with Gasteiger partial charge in [0.1, 0.15) is 5.75 Å². The topological polar surface area (TPSA) is 77.1 Å². The second-order valence-corrected chi connectivity index (χ2v) is 12.3. The van der Waals surface area contributed by atoms with Gasteiger partial charge in [-0.25, -0.2) is 4.79 Å². The normalized spacial score (nSPS) is 17.8. The summed E-state index contributed by atoms with van der Waals surface area (Å²) in [6, 6.07) is 25.5. The van der Waals surface area contributed by atoms with Crippen molar-refractivity contribution in [1.82, 2.24) is 15.1 Å². The lowest BCUT2D eigenvalue weighted by Gasteiger charge is -2.45. The zero-order chi connectivity index (χ0) is 28.8. The molecule has 3 aromatic carbocycles. The molecule has 0 bridgehead atoms. The smallest absolute Gasteiger partial charge is 0.346 e. The highest BCUT2D eigenvalue weighted by molar-refractivity contribution is 9.10. The monoisotopic (exact) mass is 640 g/mol. The van der Waals surface area contributed by atoms with Crippen LogP contribution in [0.4, 0.5) is 5.69 Å². The molecule has 0 aromatic heterocycles. The summed E-state index contributed by atoms with van der Waals surface area (Å²) in [4.78, 5) is 16.9. The summed E-state index contributed by atoms with van der Waals surface area (Å²) in [6.07, 6.45) is 1.01. The van der Waals surface area contributed by atoms with E-state index in [1.807, 2.05) is 13.1 Å². The number of nitrogens with zero attached hydrogens (tertiary/aromatic N) is 2.